The fourth-order valence-corrected chi connectivity index (χ4v) is 2.93. The molecule has 2 aliphatic heterocycles. The molecular weight excluding hydrogens is 294 g/mol. The quantitative estimate of drug-likeness (QED) is 0.776. The van der Waals surface area contributed by atoms with Crippen LogP contribution in [0.1, 0.15) is 25.7 Å². The molecule has 7 heteroatoms. The van der Waals surface area contributed by atoms with Crippen LogP contribution in [-0.2, 0) is 14.3 Å². The minimum Gasteiger partial charge on any atom is -0.377 e. The largest absolute Gasteiger partial charge is 0.377 e. The van der Waals surface area contributed by atoms with Gasteiger partial charge in [-0.3, -0.25) is 9.59 Å². The molecule has 3 fully saturated rings. The van der Waals surface area contributed by atoms with Gasteiger partial charge in [0.15, 0.2) is 0 Å². The molecule has 3 aliphatic rings. The lowest BCUT2D eigenvalue weighted by molar-refractivity contribution is -0.145. The van der Waals surface area contributed by atoms with Gasteiger partial charge in [-0.05, 0) is 25.7 Å². The number of nitrogens with one attached hydrogen (secondary N) is 1. The molecule has 6 nitrogen and oxygen atoms in total. The van der Waals surface area contributed by atoms with Gasteiger partial charge in [0.2, 0.25) is 11.8 Å². The predicted octanol–water partition coefficient (Wildman–Crippen LogP) is 0.0100. The number of ether oxygens (including phenoxy) is 1. The number of carbonyl (C=O) groups excluding carboxylic acids is 2. The Morgan fingerprint density at radius 2 is 2.10 bits per heavy atom. The third-order valence-corrected chi connectivity index (χ3v) is 4.27. The minimum absolute atomic E-state index is 0. The van der Waals surface area contributed by atoms with Gasteiger partial charge in [0, 0.05) is 32.3 Å². The summed E-state index contributed by atoms with van der Waals surface area (Å²) < 4.78 is 5.50. The van der Waals surface area contributed by atoms with Crippen molar-refractivity contribution in [3.05, 3.63) is 0 Å². The highest BCUT2D eigenvalue weighted by atomic mass is 35.5. The first-order chi connectivity index (χ1) is 9.74. The summed E-state index contributed by atoms with van der Waals surface area (Å²) in [5, 5.41) is 3.14. The van der Waals surface area contributed by atoms with Crippen LogP contribution >= 0.6 is 12.4 Å². The van der Waals surface area contributed by atoms with Crippen molar-refractivity contribution in [1.82, 2.24) is 15.1 Å². The van der Waals surface area contributed by atoms with E-state index in [0.29, 0.717) is 25.7 Å². The third-order valence-electron chi connectivity index (χ3n) is 4.27. The highest BCUT2D eigenvalue weighted by Gasteiger charge is 2.36. The Kier molecular flexibility index (Phi) is 5.84. The molecule has 2 saturated heterocycles. The number of carbonyl (C=O) groups is 2. The van der Waals surface area contributed by atoms with Gasteiger partial charge in [0.05, 0.1) is 19.2 Å². The molecule has 1 unspecified atom stereocenters. The van der Waals surface area contributed by atoms with Crippen LogP contribution in [0.5, 0.6) is 0 Å². The zero-order valence-corrected chi connectivity index (χ0v) is 13.1. The molecule has 2 amide bonds. The predicted molar refractivity (Wildman–Crippen MR) is 80.4 cm³/mol. The van der Waals surface area contributed by atoms with Gasteiger partial charge in [-0.15, -0.1) is 12.4 Å². The van der Waals surface area contributed by atoms with Crippen LogP contribution in [0.15, 0.2) is 0 Å². The molecule has 0 aromatic carbocycles. The molecule has 1 saturated carbocycles. The Bertz CT molecular complexity index is 384. The Morgan fingerprint density at radius 1 is 1.29 bits per heavy atom. The maximum absolute atomic E-state index is 12.1. The number of halogens is 1. The minimum atomic E-state index is 0. The molecule has 1 N–H and O–H groups in total. The van der Waals surface area contributed by atoms with Crippen LogP contribution in [0.25, 0.3) is 0 Å². The van der Waals surface area contributed by atoms with Gasteiger partial charge in [0.1, 0.15) is 0 Å². The van der Waals surface area contributed by atoms with Crippen molar-refractivity contribution in [2.75, 3.05) is 39.3 Å². The molecule has 0 aromatic rings. The molecule has 0 aromatic heterocycles. The first-order valence-electron chi connectivity index (χ1n) is 7.63. The average molecular weight is 318 g/mol. The SMILES string of the molecule is Cl.O=C(CNCC1CCCO1)N1CCN(C2CC2)C(=O)C1. The van der Waals surface area contributed by atoms with Crippen LogP contribution in [-0.4, -0.2) is 73.1 Å². The zero-order chi connectivity index (χ0) is 13.9. The summed E-state index contributed by atoms with van der Waals surface area (Å²) >= 11 is 0. The summed E-state index contributed by atoms with van der Waals surface area (Å²) in [5.74, 6) is 0.123. The molecule has 0 spiro atoms. The second-order valence-corrected chi connectivity index (χ2v) is 5.90. The zero-order valence-electron chi connectivity index (χ0n) is 12.3. The number of hydrogen-bond acceptors (Lipinski definition) is 4. The summed E-state index contributed by atoms with van der Waals surface area (Å²) in [6.07, 6.45) is 4.68. The van der Waals surface area contributed by atoms with E-state index < -0.39 is 0 Å². The van der Waals surface area contributed by atoms with Gasteiger partial charge in [-0.25, -0.2) is 0 Å². The van der Waals surface area contributed by atoms with E-state index in [2.05, 4.69) is 5.32 Å². The standard InChI is InChI=1S/C14H23N3O3.ClH/c18-13(9-15-8-12-2-1-7-20-12)16-5-6-17(11-3-4-11)14(19)10-16;/h11-12,15H,1-10H2;1H. The topological polar surface area (TPSA) is 61.9 Å². The number of rotatable bonds is 5. The molecule has 0 bridgehead atoms. The van der Waals surface area contributed by atoms with Crippen molar-refractivity contribution in [3.8, 4) is 0 Å². The van der Waals surface area contributed by atoms with Gasteiger partial charge >= 0.3 is 0 Å². The van der Waals surface area contributed by atoms with Crippen molar-refractivity contribution >= 4 is 24.2 Å². The number of hydrogen-bond donors (Lipinski definition) is 1. The van der Waals surface area contributed by atoms with Gasteiger partial charge in [-0.1, -0.05) is 0 Å². The monoisotopic (exact) mass is 317 g/mol. The van der Waals surface area contributed by atoms with E-state index in [1.54, 1.807) is 4.90 Å². The first kappa shape index (κ1) is 16.5. The van der Waals surface area contributed by atoms with Gasteiger partial charge in [0.25, 0.3) is 0 Å². The fourth-order valence-electron chi connectivity index (χ4n) is 2.93. The number of nitrogens with zero attached hydrogens (tertiary/aromatic N) is 2. The van der Waals surface area contributed by atoms with E-state index in [9.17, 15) is 9.59 Å². The first-order valence-corrected chi connectivity index (χ1v) is 7.63. The van der Waals surface area contributed by atoms with Crippen LogP contribution in [0, 0.1) is 0 Å². The second-order valence-electron chi connectivity index (χ2n) is 5.90. The third kappa shape index (κ3) is 4.31. The number of piperazine rings is 1. The molecule has 120 valence electrons. The summed E-state index contributed by atoms with van der Waals surface area (Å²) in [5.41, 5.74) is 0. The maximum atomic E-state index is 12.1. The van der Waals surface area contributed by atoms with E-state index >= 15 is 0 Å². The van der Waals surface area contributed by atoms with Crippen LogP contribution in [0.2, 0.25) is 0 Å². The van der Waals surface area contributed by atoms with Crippen LogP contribution in [0.3, 0.4) is 0 Å². The van der Waals surface area contributed by atoms with Gasteiger partial charge in [-0.2, -0.15) is 0 Å². The highest BCUT2D eigenvalue weighted by molar-refractivity contribution is 5.87. The van der Waals surface area contributed by atoms with Crippen molar-refractivity contribution < 1.29 is 14.3 Å². The van der Waals surface area contributed by atoms with Gasteiger partial charge < -0.3 is 19.9 Å². The summed E-state index contributed by atoms with van der Waals surface area (Å²) in [6.45, 7) is 3.47. The summed E-state index contributed by atoms with van der Waals surface area (Å²) in [7, 11) is 0. The average Bonchev–Trinajstić information content (AvgIpc) is 3.15. The number of amides is 2. The van der Waals surface area contributed by atoms with E-state index in [0.717, 1.165) is 38.8 Å². The van der Waals surface area contributed by atoms with Crippen molar-refractivity contribution in [2.45, 2.75) is 37.8 Å². The molecule has 3 rings (SSSR count). The van der Waals surface area contributed by atoms with Crippen LogP contribution in [0.4, 0.5) is 0 Å². The Balaban J connectivity index is 0.00000161. The van der Waals surface area contributed by atoms with Crippen molar-refractivity contribution in [3.63, 3.8) is 0 Å². The second kappa shape index (κ2) is 7.42. The molecule has 0 radical (unpaired) electrons. The smallest absolute Gasteiger partial charge is 0.242 e. The Morgan fingerprint density at radius 3 is 2.71 bits per heavy atom. The van der Waals surface area contributed by atoms with E-state index in [1.165, 1.54) is 0 Å². The molecule has 1 aliphatic carbocycles. The van der Waals surface area contributed by atoms with E-state index in [4.69, 9.17) is 4.74 Å². The molecule has 2 heterocycles. The summed E-state index contributed by atoms with van der Waals surface area (Å²) in [4.78, 5) is 27.6. The summed E-state index contributed by atoms with van der Waals surface area (Å²) in [6, 6.07) is 0.456. The lowest BCUT2D eigenvalue weighted by Crippen LogP contribution is -2.54. The maximum Gasteiger partial charge on any atom is 0.242 e. The lowest BCUT2D eigenvalue weighted by Gasteiger charge is -2.34. The fraction of sp³-hybridized carbons (Fsp3) is 0.857. The van der Waals surface area contributed by atoms with E-state index in [1.807, 2.05) is 4.90 Å². The molecule has 1 atom stereocenters. The normalized spacial score (nSPS) is 25.9. The molecular formula is C14H24ClN3O3. The van der Waals surface area contributed by atoms with Crippen molar-refractivity contribution in [1.29, 1.82) is 0 Å². The Hall–Kier alpha value is -0.850. The lowest BCUT2D eigenvalue weighted by atomic mass is 10.2. The molecule has 21 heavy (non-hydrogen) atoms. The Labute approximate surface area is 131 Å². The van der Waals surface area contributed by atoms with E-state index in [-0.39, 0.29) is 36.9 Å². The van der Waals surface area contributed by atoms with Crippen molar-refractivity contribution in [2.24, 2.45) is 0 Å². The highest BCUT2D eigenvalue weighted by Crippen LogP contribution is 2.27. The van der Waals surface area contributed by atoms with Crippen LogP contribution < -0.4 is 5.32 Å².